The maximum atomic E-state index is 11.7. The fraction of sp³-hybridized carbons (Fsp3) is 0.286. The number of hydrogen-bond acceptors (Lipinski definition) is 3. The number of nitrogens with zero attached hydrogens (tertiary/aromatic N) is 1. The maximum Gasteiger partial charge on any atom is 0.177 e. The molecule has 4 heteroatoms. The molecule has 1 fully saturated rings. The van der Waals surface area contributed by atoms with Crippen LogP contribution >= 0.6 is 0 Å². The molecule has 2 aliphatic carbocycles. The number of allylic oxidation sites excluding steroid dienone is 4. The van der Waals surface area contributed by atoms with Gasteiger partial charge in [-0.3, -0.25) is 4.98 Å². The molecule has 2 aromatic rings. The van der Waals surface area contributed by atoms with E-state index in [1.807, 2.05) is 24.3 Å². The Labute approximate surface area is 149 Å². The van der Waals surface area contributed by atoms with Gasteiger partial charge < -0.3 is 0 Å². The second-order valence-corrected chi connectivity index (χ2v) is 9.09. The van der Waals surface area contributed by atoms with E-state index < -0.39 is 9.84 Å². The first-order valence-electron chi connectivity index (χ1n) is 8.65. The van der Waals surface area contributed by atoms with Gasteiger partial charge in [-0.1, -0.05) is 55.3 Å². The van der Waals surface area contributed by atoms with Gasteiger partial charge in [-0.15, -0.1) is 0 Å². The van der Waals surface area contributed by atoms with Crippen molar-refractivity contribution < 1.29 is 8.42 Å². The molecule has 0 atom stereocenters. The molecular formula is C21H21NO2S. The Morgan fingerprint density at radius 1 is 0.920 bits per heavy atom. The summed E-state index contributed by atoms with van der Waals surface area (Å²) >= 11 is 0. The van der Waals surface area contributed by atoms with Gasteiger partial charge in [0.2, 0.25) is 0 Å². The molecule has 1 aromatic carbocycles. The molecule has 2 aliphatic rings. The van der Waals surface area contributed by atoms with E-state index in [4.69, 9.17) is 0 Å². The van der Waals surface area contributed by atoms with Gasteiger partial charge in [0.1, 0.15) is 0 Å². The van der Waals surface area contributed by atoms with Crippen LogP contribution in [-0.2, 0) is 9.84 Å². The van der Waals surface area contributed by atoms with Gasteiger partial charge in [0.05, 0.1) is 10.6 Å². The monoisotopic (exact) mass is 351 g/mol. The molecule has 1 heterocycles. The summed E-state index contributed by atoms with van der Waals surface area (Å²) in [5.74, 6) is 0. The Bertz CT molecular complexity index is 949. The second kappa shape index (κ2) is 5.95. The van der Waals surface area contributed by atoms with Gasteiger partial charge in [-0.05, 0) is 36.1 Å². The lowest BCUT2D eigenvalue weighted by molar-refractivity contribution is 0.523. The normalized spacial score (nSPS) is 19.1. The van der Waals surface area contributed by atoms with Gasteiger partial charge in [-0.25, -0.2) is 8.42 Å². The topological polar surface area (TPSA) is 47.0 Å². The Morgan fingerprint density at radius 2 is 1.60 bits per heavy atom. The largest absolute Gasteiger partial charge is 0.255 e. The highest BCUT2D eigenvalue weighted by Gasteiger charge is 2.36. The molecular weight excluding hydrogens is 330 g/mol. The van der Waals surface area contributed by atoms with E-state index in [1.165, 1.54) is 49.3 Å². The highest BCUT2D eigenvalue weighted by Crippen LogP contribution is 2.51. The van der Waals surface area contributed by atoms with Crippen LogP contribution < -0.4 is 0 Å². The Balaban J connectivity index is 1.80. The third kappa shape index (κ3) is 3.07. The SMILES string of the molecule is CS(=O)(=O)c1ccc(C2=CC3(C=C2c2ccccc2)CCCC3)nc1. The molecule has 1 aromatic heterocycles. The van der Waals surface area contributed by atoms with Crippen molar-refractivity contribution in [1.29, 1.82) is 0 Å². The summed E-state index contributed by atoms with van der Waals surface area (Å²) in [7, 11) is -3.23. The molecule has 0 N–H and O–H groups in total. The number of sulfone groups is 1. The molecule has 128 valence electrons. The van der Waals surface area contributed by atoms with Crippen LogP contribution in [-0.4, -0.2) is 19.7 Å². The first-order valence-corrected chi connectivity index (χ1v) is 10.5. The molecule has 0 unspecified atom stereocenters. The summed E-state index contributed by atoms with van der Waals surface area (Å²) in [6.45, 7) is 0. The Hall–Kier alpha value is -2.20. The van der Waals surface area contributed by atoms with Crippen LogP contribution in [0.3, 0.4) is 0 Å². The first-order chi connectivity index (χ1) is 12.0. The summed E-state index contributed by atoms with van der Waals surface area (Å²) in [6, 6.07) is 13.8. The van der Waals surface area contributed by atoms with Crippen LogP contribution in [0.4, 0.5) is 0 Å². The van der Waals surface area contributed by atoms with Crippen LogP contribution in [0.1, 0.15) is 36.9 Å². The van der Waals surface area contributed by atoms with E-state index in [9.17, 15) is 8.42 Å². The van der Waals surface area contributed by atoms with E-state index in [-0.39, 0.29) is 10.3 Å². The average molecular weight is 351 g/mol. The number of pyridine rings is 1. The lowest BCUT2D eigenvalue weighted by atomic mass is 9.88. The average Bonchev–Trinajstić information content (AvgIpc) is 3.23. The Kier molecular flexibility index (Phi) is 3.88. The van der Waals surface area contributed by atoms with E-state index in [2.05, 4.69) is 29.3 Å². The van der Waals surface area contributed by atoms with Crippen molar-refractivity contribution in [2.24, 2.45) is 5.41 Å². The lowest BCUT2D eigenvalue weighted by Crippen LogP contribution is -2.05. The molecule has 25 heavy (non-hydrogen) atoms. The van der Waals surface area contributed by atoms with Gasteiger partial charge in [0.25, 0.3) is 0 Å². The molecule has 1 spiro atoms. The summed E-state index contributed by atoms with van der Waals surface area (Å²) < 4.78 is 23.4. The zero-order chi connectivity index (χ0) is 17.5. The molecule has 0 saturated heterocycles. The van der Waals surface area contributed by atoms with E-state index in [0.29, 0.717) is 0 Å². The van der Waals surface area contributed by atoms with Crippen molar-refractivity contribution in [3.8, 4) is 0 Å². The lowest BCUT2D eigenvalue weighted by Gasteiger charge is -2.16. The second-order valence-electron chi connectivity index (χ2n) is 7.07. The van der Waals surface area contributed by atoms with Crippen molar-refractivity contribution in [3.05, 3.63) is 72.1 Å². The molecule has 0 bridgehead atoms. The zero-order valence-electron chi connectivity index (χ0n) is 14.3. The van der Waals surface area contributed by atoms with Crippen LogP contribution in [0.5, 0.6) is 0 Å². The van der Waals surface area contributed by atoms with Crippen molar-refractivity contribution in [3.63, 3.8) is 0 Å². The summed E-state index contributed by atoms with van der Waals surface area (Å²) in [5.41, 5.74) is 4.49. The molecule has 3 nitrogen and oxygen atoms in total. The number of aromatic nitrogens is 1. The van der Waals surface area contributed by atoms with E-state index >= 15 is 0 Å². The molecule has 0 amide bonds. The minimum absolute atomic E-state index is 0.137. The summed E-state index contributed by atoms with van der Waals surface area (Å²) in [4.78, 5) is 4.73. The first kappa shape index (κ1) is 16.3. The molecule has 0 aliphatic heterocycles. The molecule has 0 radical (unpaired) electrons. The highest BCUT2D eigenvalue weighted by atomic mass is 32.2. The van der Waals surface area contributed by atoms with Gasteiger partial charge in [0.15, 0.2) is 9.84 Å². The smallest absolute Gasteiger partial charge is 0.177 e. The van der Waals surface area contributed by atoms with E-state index in [0.717, 1.165) is 11.3 Å². The van der Waals surface area contributed by atoms with Crippen molar-refractivity contribution in [2.45, 2.75) is 30.6 Å². The predicted octanol–water partition coefficient (Wildman–Crippen LogP) is 4.53. The maximum absolute atomic E-state index is 11.7. The van der Waals surface area contributed by atoms with Gasteiger partial charge in [-0.2, -0.15) is 0 Å². The quantitative estimate of drug-likeness (QED) is 0.816. The van der Waals surface area contributed by atoms with Gasteiger partial charge in [0, 0.05) is 23.4 Å². The fourth-order valence-electron chi connectivity index (χ4n) is 3.92. The van der Waals surface area contributed by atoms with Crippen molar-refractivity contribution >= 4 is 21.0 Å². The van der Waals surface area contributed by atoms with Crippen LogP contribution in [0.15, 0.2) is 65.7 Å². The third-order valence-corrected chi connectivity index (χ3v) is 6.31. The van der Waals surface area contributed by atoms with Crippen molar-refractivity contribution in [2.75, 3.05) is 6.26 Å². The molecule has 1 saturated carbocycles. The van der Waals surface area contributed by atoms with Crippen LogP contribution in [0, 0.1) is 5.41 Å². The number of benzene rings is 1. The summed E-state index contributed by atoms with van der Waals surface area (Å²) in [5, 5.41) is 0. The molecule has 4 rings (SSSR count). The highest BCUT2D eigenvalue weighted by molar-refractivity contribution is 7.90. The predicted molar refractivity (Wildman–Crippen MR) is 101 cm³/mol. The Morgan fingerprint density at radius 3 is 2.20 bits per heavy atom. The minimum atomic E-state index is -3.23. The van der Waals surface area contributed by atoms with Crippen molar-refractivity contribution in [1.82, 2.24) is 4.98 Å². The van der Waals surface area contributed by atoms with Gasteiger partial charge >= 0.3 is 0 Å². The van der Waals surface area contributed by atoms with Crippen LogP contribution in [0.25, 0.3) is 11.1 Å². The zero-order valence-corrected chi connectivity index (χ0v) is 15.1. The number of rotatable bonds is 3. The third-order valence-electron chi connectivity index (χ3n) is 5.21. The number of hydrogen-bond donors (Lipinski definition) is 0. The minimum Gasteiger partial charge on any atom is -0.255 e. The summed E-state index contributed by atoms with van der Waals surface area (Å²) in [6.07, 6.45) is 12.3. The van der Waals surface area contributed by atoms with E-state index in [1.54, 1.807) is 6.07 Å². The standard InChI is InChI=1S/C21H21NO2S/c1-25(23,24)17-9-10-20(22-15-17)19-14-21(11-5-6-12-21)13-18(19)16-7-3-2-4-8-16/h2-4,7-10,13-15H,5-6,11-12H2,1H3. The van der Waals surface area contributed by atoms with Crippen LogP contribution in [0.2, 0.25) is 0 Å². The fourth-order valence-corrected chi connectivity index (χ4v) is 4.48.